The third-order valence-corrected chi connectivity index (χ3v) is 8.22. The highest BCUT2D eigenvalue weighted by molar-refractivity contribution is 6.07. The fourth-order valence-corrected chi connectivity index (χ4v) is 5.70. The van der Waals surface area contributed by atoms with Gasteiger partial charge in [0.05, 0.1) is 34.7 Å². The predicted molar refractivity (Wildman–Crippen MR) is 158 cm³/mol. The minimum absolute atomic E-state index is 0.0586. The molecule has 2 saturated heterocycles. The van der Waals surface area contributed by atoms with Gasteiger partial charge in [0.2, 0.25) is 5.95 Å². The Bertz CT molecular complexity index is 1520. The summed E-state index contributed by atoms with van der Waals surface area (Å²) in [5.74, 6) is -2.39. The molecule has 3 heterocycles. The predicted octanol–water partition coefficient (Wildman–Crippen LogP) is 5.84. The second kappa shape index (κ2) is 11.9. The van der Waals surface area contributed by atoms with Crippen LogP contribution in [0.1, 0.15) is 43.6 Å². The van der Waals surface area contributed by atoms with E-state index in [1.165, 1.54) is 24.5 Å². The average molecular weight is 619 g/mol. The van der Waals surface area contributed by atoms with E-state index >= 15 is 4.39 Å². The highest BCUT2D eigenvalue weighted by Crippen LogP contribution is 2.38. The van der Waals surface area contributed by atoms with Gasteiger partial charge >= 0.3 is 6.18 Å². The van der Waals surface area contributed by atoms with Crippen LogP contribution in [0.4, 0.5) is 39.3 Å². The molecule has 1 amide bonds. The fraction of sp³-hybridized carbons (Fsp3) is 0.452. The molecule has 236 valence electrons. The van der Waals surface area contributed by atoms with E-state index in [2.05, 4.69) is 20.2 Å². The molecule has 0 spiro atoms. The van der Waals surface area contributed by atoms with Gasteiger partial charge in [-0.15, -0.1) is 0 Å². The Morgan fingerprint density at radius 1 is 1.02 bits per heavy atom. The van der Waals surface area contributed by atoms with E-state index in [1.54, 1.807) is 0 Å². The van der Waals surface area contributed by atoms with Crippen LogP contribution in [0, 0.1) is 11.6 Å². The minimum Gasteiger partial charge on any atom is -0.372 e. The molecule has 2 aromatic carbocycles. The third kappa shape index (κ3) is 6.63. The Hall–Kier alpha value is -3.84. The number of nitrogens with zero attached hydrogens (tertiary/aromatic N) is 5. The first-order valence-electron chi connectivity index (χ1n) is 14.3. The summed E-state index contributed by atoms with van der Waals surface area (Å²) in [7, 11) is 1.98. The number of ether oxygens (including phenoxy) is 1. The molecule has 2 aliphatic heterocycles. The summed E-state index contributed by atoms with van der Waals surface area (Å²) in [6.07, 6.45) is -2.03. The van der Waals surface area contributed by atoms with Crippen LogP contribution in [-0.4, -0.2) is 78.3 Å². The zero-order valence-corrected chi connectivity index (χ0v) is 25.2. The van der Waals surface area contributed by atoms with Crippen LogP contribution in [0.5, 0.6) is 0 Å². The molecule has 0 radical (unpaired) electrons. The SMILES string of the molecule is C[C@@H]1CN(c2cc(F)c(-c3cnc(N4CCOC(C)(C)C4)nc3)cc2NC(=O)c2ccc(F)cc2C(F)(F)F)C[C@H](C)N1C. The van der Waals surface area contributed by atoms with Crippen LogP contribution in [0.3, 0.4) is 0 Å². The first-order valence-corrected chi connectivity index (χ1v) is 14.3. The number of nitrogens with one attached hydrogen (secondary N) is 1. The van der Waals surface area contributed by atoms with Crippen LogP contribution < -0.4 is 15.1 Å². The van der Waals surface area contributed by atoms with Gasteiger partial charge < -0.3 is 19.9 Å². The second-order valence-corrected chi connectivity index (χ2v) is 12.1. The number of carbonyl (C=O) groups is 1. The number of alkyl halides is 3. The van der Waals surface area contributed by atoms with Gasteiger partial charge in [-0.3, -0.25) is 9.69 Å². The second-order valence-electron chi connectivity index (χ2n) is 12.1. The molecule has 0 aliphatic carbocycles. The van der Waals surface area contributed by atoms with Crippen molar-refractivity contribution in [3.05, 3.63) is 65.5 Å². The van der Waals surface area contributed by atoms with Crippen molar-refractivity contribution in [3.8, 4) is 11.1 Å². The molecule has 5 rings (SSSR count). The van der Waals surface area contributed by atoms with Gasteiger partial charge in [-0.25, -0.2) is 18.7 Å². The standard InChI is InChI=1S/C31H35F5N6O2/c1-18-15-42(16-19(2)40(18)5)27-12-25(33)23(20-13-37-29(38-14-20)41-8-9-44-30(3,4)17-41)11-26(27)39-28(43)22-7-6-21(32)10-24(22)31(34,35)36/h6-7,10-14,18-19H,8-9,15-17H2,1-5H3,(H,39,43)/t18-,19+. The number of morpholine rings is 1. The first kappa shape index (κ1) is 31.6. The van der Waals surface area contributed by atoms with E-state index in [9.17, 15) is 22.4 Å². The number of rotatable bonds is 5. The lowest BCUT2D eigenvalue weighted by Gasteiger charge is -2.44. The normalized spacial score (nSPS) is 21.0. The fourth-order valence-electron chi connectivity index (χ4n) is 5.70. The average Bonchev–Trinajstić information content (AvgIpc) is 2.95. The molecule has 8 nitrogen and oxygen atoms in total. The Morgan fingerprint density at radius 2 is 1.68 bits per heavy atom. The van der Waals surface area contributed by atoms with Crippen molar-refractivity contribution in [2.75, 3.05) is 55.0 Å². The van der Waals surface area contributed by atoms with Gasteiger partial charge in [-0.1, -0.05) is 0 Å². The molecule has 0 unspecified atom stereocenters. The summed E-state index contributed by atoms with van der Waals surface area (Å²) in [6.45, 7) is 10.6. The highest BCUT2D eigenvalue weighted by atomic mass is 19.4. The molecule has 0 saturated carbocycles. The van der Waals surface area contributed by atoms with Crippen LogP contribution in [0.15, 0.2) is 42.7 Å². The number of hydrogen-bond acceptors (Lipinski definition) is 7. The summed E-state index contributed by atoms with van der Waals surface area (Å²) in [5, 5.41) is 2.56. The van der Waals surface area contributed by atoms with Crippen molar-refractivity contribution in [1.29, 1.82) is 0 Å². The van der Waals surface area contributed by atoms with Gasteiger partial charge in [0.1, 0.15) is 11.6 Å². The van der Waals surface area contributed by atoms with Crippen LogP contribution >= 0.6 is 0 Å². The molecule has 1 aromatic heterocycles. The summed E-state index contributed by atoms with van der Waals surface area (Å²) in [4.78, 5) is 28.2. The number of likely N-dealkylation sites (N-methyl/N-ethyl adjacent to an activating group) is 1. The van der Waals surface area contributed by atoms with Crippen molar-refractivity contribution in [2.45, 2.75) is 51.6 Å². The highest BCUT2D eigenvalue weighted by Gasteiger charge is 2.36. The van der Waals surface area contributed by atoms with Crippen molar-refractivity contribution in [2.24, 2.45) is 0 Å². The van der Waals surface area contributed by atoms with Gasteiger partial charge in [0.15, 0.2) is 0 Å². The lowest BCUT2D eigenvalue weighted by Crippen LogP contribution is -2.55. The van der Waals surface area contributed by atoms with Crippen molar-refractivity contribution in [1.82, 2.24) is 14.9 Å². The molecule has 3 aromatic rings. The van der Waals surface area contributed by atoms with Crippen LogP contribution in [0.25, 0.3) is 11.1 Å². The summed E-state index contributed by atoms with van der Waals surface area (Å²) >= 11 is 0. The number of benzene rings is 2. The zero-order valence-electron chi connectivity index (χ0n) is 25.2. The maximum Gasteiger partial charge on any atom is 0.417 e. The number of piperazine rings is 1. The van der Waals surface area contributed by atoms with Crippen molar-refractivity contribution >= 4 is 23.2 Å². The molecule has 2 aliphatic rings. The Kier molecular flexibility index (Phi) is 8.56. The molecular formula is C31H35F5N6O2. The smallest absolute Gasteiger partial charge is 0.372 e. The van der Waals surface area contributed by atoms with E-state index in [4.69, 9.17) is 4.74 Å². The van der Waals surface area contributed by atoms with E-state index in [0.29, 0.717) is 50.0 Å². The van der Waals surface area contributed by atoms with Crippen LogP contribution in [-0.2, 0) is 10.9 Å². The Balaban J connectivity index is 1.53. The lowest BCUT2D eigenvalue weighted by atomic mass is 10.0. The quantitative estimate of drug-likeness (QED) is 0.361. The molecule has 1 N–H and O–H groups in total. The molecular weight excluding hydrogens is 583 g/mol. The number of anilines is 3. The van der Waals surface area contributed by atoms with Gasteiger partial charge in [0, 0.05) is 61.8 Å². The van der Waals surface area contributed by atoms with Gasteiger partial charge in [-0.2, -0.15) is 13.2 Å². The summed E-state index contributed by atoms with van der Waals surface area (Å²) in [6, 6.07) is 4.66. The van der Waals surface area contributed by atoms with E-state index in [1.807, 2.05) is 44.5 Å². The number of aromatic nitrogens is 2. The third-order valence-electron chi connectivity index (χ3n) is 8.22. The van der Waals surface area contributed by atoms with Crippen LogP contribution in [0.2, 0.25) is 0 Å². The maximum atomic E-state index is 15.8. The lowest BCUT2D eigenvalue weighted by molar-refractivity contribution is -0.138. The molecule has 0 bridgehead atoms. The zero-order chi connectivity index (χ0) is 32.0. The topological polar surface area (TPSA) is 73.8 Å². The Morgan fingerprint density at radius 3 is 2.30 bits per heavy atom. The van der Waals surface area contributed by atoms with Crippen molar-refractivity contribution in [3.63, 3.8) is 0 Å². The minimum atomic E-state index is -4.97. The number of carbonyl (C=O) groups excluding carboxylic acids is 1. The number of halogens is 5. The van der Waals surface area contributed by atoms with Crippen molar-refractivity contribution < 1.29 is 31.5 Å². The van der Waals surface area contributed by atoms with E-state index < -0.39 is 34.8 Å². The van der Waals surface area contributed by atoms with Gasteiger partial charge in [0.25, 0.3) is 5.91 Å². The maximum absolute atomic E-state index is 15.8. The van der Waals surface area contributed by atoms with E-state index in [0.717, 1.165) is 12.1 Å². The monoisotopic (exact) mass is 618 g/mol. The summed E-state index contributed by atoms with van der Waals surface area (Å²) in [5.41, 5.74) is -1.75. The number of hydrogen-bond donors (Lipinski definition) is 1. The van der Waals surface area contributed by atoms with E-state index in [-0.39, 0.29) is 35.0 Å². The first-order chi connectivity index (χ1) is 20.6. The Labute approximate surface area is 252 Å². The molecule has 2 atom stereocenters. The van der Waals surface area contributed by atoms with Gasteiger partial charge in [-0.05, 0) is 65.1 Å². The molecule has 13 heteroatoms. The molecule has 2 fully saturated rings. The largest absolute Gasteiger partial charge is 0.417 e. The number of amides is 1. The summed E-state index contributed by atoms with van der Waals surface area (Å²) < 4.78 is 76.5. The molecule has 44 heavy (non-hydrogen) atoms.